The zero-order valence-corrected chi connectivity index (χ0v) is 9.86. The molecule has 1 heterocycles. The van der Waals surface area contributed by atoms with Crippen LogP contribution in [0.5, 0.6) is 0 Å². The van der Waals surface area contributed by atoms with E-state index in [0.29, 0.717) is 16.4 Å². The number of anilines is 2. The Labute approximate surface area is 104 Å². The van der Waals surface area contributed by atoms with E-state index in [1.54, 1.807) is 6.07 Å². The summed E-state index contributed by atoms with van der Waals surface area (Å²) in [6, 6.07) is 9.17. The summed E-state index contributed by atoms with van der Waals surface area (Å²) in [5, 5.41) is 20.3. The normalized spacial score (nSPS) is 9.71. The van der Waals surface area contributed by atoms with E-state index < -0.39 is 0 Å². The third-order valence-corrected chi connectivity index (χ3v) is 2.77. The van der Waals surface area contributed by atoms with Gasteiger partial charge in [-0.25, -0.2) is 0 Å². The van der Waals surface area contributed by atoms with Gasteiger partial charge in [0.05, 0.1) is 11.8 Å². The van der Waals surface area contributed by atoms with Crippen molar-refractivity contribution in [1.29, 1.82) is 5.26 Å². The number of nitrogens with one attached hydrogen (secondary N) is 1. The average molecular weight is 245 g/mol. The van der Waals surface area contributed by atoms with Gasteiger partial charge in [0.25, 0.3) is 0 Å². The second-order valence-electron chi connectivity index (χ2n) is 3.44. The summed E-state index contributed by atoms with van der Waals surface area (Å²) in [5.74, 6) is 0.431. The van der Waals surface area contributed by atoms with Gasteiger partial charge in [-0.1, -0.05) is 17.7 Å². The number of rotatable bonds is 2. The molecule has 0 aliphatic carbocycles. The smallest absolute Gasteiger partial charge is 0.171 e. The minimum atomic E-state index is 0.431. The topological polar surface area (TPSA) is 61.6 Å². The first-order chi connectivity index (χ1) is 8.22. The Hall–Kier alpha value is -2.12. The van der Waals surface area contributed by atoms with Crippen molar-refractivity contribution in [2.24, 2.45) is 0 Å². The van der Waals surface area contributed by atoms with Crippen molar-refractivity contribution in [2.75, 3.05) is 5.32 Å². The lowest BCUT2D eigenvalue weighted by Crippen LogP contribution is -1.99. The highest BCUT2D eigenvalue weighted by Gasteiger charge is 2.06. The number of halogens is 1. The number of hydrogen-bond donors (Lipinski definition) is 1. The van der Waals surface area contributed by atoms with Crippen LogP contribution >= 0.6 is 11.6 Å². The van der Waals surface area contributed by atoms with E-state index in [0.717, 1.165) is 11.3 Å². The zero-order valence-electron chi connectivity index (χ0n) is 9.11. The first kappa shape index (κ1) is 11.4. The van der Waals surface area contributed by atoms with Gasteiger partial charge < -0.3 is 5.32 Å². The molecule has 0 unspecified atom stereocenters. The summed E-state index contributed by atoms with van der Waals surface area (Å²) < 4.78 is 0. The van der Waals surface area contributed by atoms with Crippen LogP contribution in [0.3, 0.4) is 0 Å². The highest BCUT2D eigenvalue weighted by molar-refractivity contribution is 6.31. The molecule has 84 valence electrons. The Morgan fingerprint density at radius 3 is 2.94 bits per heavy atom. The molecule has 1 aromatic carbocycles. The van der Waals surface area contributed by atoms with Crippen molar-refractivity contribution in [3.8, 4) is 6.07 Å². The highest BCUT2D eigenvalue weighted by Crippen LogP contribution is 2.26. The Bertz CT molecular complexity index is 589. The lowest BCUT2D eigenvalue weighted by molar-refractivity contribution is 1.03. The van der Waals surface area contributed by atoms with Gasteiger partial charge in [0.1, 0.15) is 6.07 Å². The van der Waals surface area contributed by atoms with Crippen molar-refractivity contribution >= 4 is 23.1 Å². The minimum absolute atomic E-state index is 0.431. The maximum absolute atomic E-state index is 8.94. The molecule has 2 rings (SSSR count). The summed E-state index contributed by atoms with van der Waals surface area (Å²) in [6.07, 6.45) is 1.48. The van der Waals surface area contributed by atoms with Gasteiger partial charge in [-0.05, 0) is 30.7 Å². The summed E-state index contributed by atoms with van der Waals surface area (Å²) in [4.78, 5) is 0. The van der Waals surface area contributed by atoms with Crippen molar-refractivity contribution < 1.29 is 0 Å². The van der Waals surface area contributed by atoms with Gasteiger partial charge >= 0.3 is 0 Å². The van der Waals surface area contributed by atoms with Crippen LogP contribution in [0.15, 0.2) is 30.5 Å². The molecule has 0 spiro atoms. The molecule has 0 saturated heterocycles. The first-order valence-corrected chi connectivity index (χ1v) is 5.34. The molecular formula is C12H9ClN4. The molecule has 5 heteroatoms. The standard InChI is InChI=1S/C12H9ClN4/c1-8-10(13)3-2-4-11(8)16-12-9(7-14)5-6-15-17-12/h2-6H,1H3,(H,16,17). The Kier molecular flexibility index (Phi) is 3.22. The predicted octanol–water partition coefficient (Wildman–Crippen LogP) is 3.05. The number of aromatic nitrogens is 2. The molecule has 0 saturated carbocycles. The van der Waals surface area contributed by atoms with Crippen molar-refractivity contribution in [1.82, 2.24) is 10.2 Å². The lowest BCUT2D eigenvalue weighted by atomic mass is 10.2. The molecule has 4 nitrogen and oxygen atoms in total. The second-order valence-corrected chi connectivity index (χ2v) is 3.85. The number of benzene rings is 1. The van der Waals surface area contributed by atoms with E-state index in [9.17, 15) is 0 Å². The Morgan fingerprint density at radius 2 is 2.18 bits per heavy atom. The maximum Gasteiger partial charge on any atom is 0.171 e. The molecule has 0 radical (unpaired) electrons. The number of nitrogens with zero attached hydrogens (tertiary/aromatic N) is 3. The molecule has 0 aliphatic heterocycles. The van der Waals surface area contributed by atoms with Gasteiger partial charge in [-0.2, -0.15) is 10.4 Å². The Morgan fingerprint density at radius 1 is 1.35 bits per heavy atom. The monoisotopic (exact) mass is 244 g/mol. The summed E-state index contributed by atoms with van der Waals surface area (Å²) >= 11 is 6.01. The van der Waals surface area contributed by atoms with Gasteiger partial charge in [0.2, 0.25) is 0 Å². The van der Waals surface area contributed by atoms with Gasteiger partial charge in [0.15, 0.2) is 5.82 Å². The van der Waals surface area contributed by atoms with Gasteiger partial charge in [-0.3, -0.25) is 0 Å². The molecule has 0 fully saturated rings. The Balaban J connectivity index is 2.39. The second kappa shape index (κ2) is 4.81. The van der Waals surface area contributed by atoms with E-state index in [-0.39, 0.29) is 0 Å². The summed E-state index contributed by atoms with van der Waals surface area (Å²) in [5.41, 5.74) is 2.16. The molecule has 0 bridgehead atoms. The van der Waals surface area contributed by atoms with Crippen molar-refractivity contribution in [3.63, 3.8) is 0 Å². The van der Waals surface area contributed by atoms with Gasteiger partial charge in [-0.15, -0.1) is 5.10 Å². The fourth-order valence-corrected chi connectivity index (χ4v) is 1.56. The molecule has 0 amide bonds. The third-order valence-electron chi connectivity index (χ3n) is 2.36. The van der Waals surface area contributed by atoms with Crippen LogP contribution in [-0.4, -0.2) is 10.2 Å². The van der Waals surface area contributed by atoms with Gasteiger partial charge in [0, 0.05) is 10.7 Å². The van der Waals surface area contributed by atoms with Crippen LogP contribution < -0.4 is 5.32 Å². The van der Waals surface area contributed by atoms with Crippen molar-refractivity contribution in [3.05, 3.63) is 46.6 Å². The molecule has 2 aromatic rings. The van der Waals surface area contributed by atoms with Crippen LogP contribution in [-0.2, 0) is 0 Å². The molecule has 17 heavy (non-hydrogen) atoms. The third kappa shape index (κ3) is 2.35. The quantitative estimate of drug-likeness (QED) is 0.882. The van der Waals surface area contributed by atoms with Crippen LogP contribution in [0.25, 0.3) is 0 Å². The van der Waals surface area contributed by atoms with Crippen LogP contribution in [0.2, 0.25) is 5.02 Å². The molecular weight excluding hydrogens is 236 g/mol. The first-order valence-electron chi connectivity index (χ1n) is 4.96. The molecule has 1 aromatic heterocycles. The molecule has 0 atom stereocenters. The largest absolute Gasteiger partial charge is 0.337 e. The SMILES string of the molecule is Cc1c(Cl)cccc1Nc1nnccc1C#N. The van der Waals surface area contributed by atoms with Crippen LogP contribution in [0, 0.1) is 18.3 Å². The highest BCUT2D eigenvalue weighted by atomic mass is 35.5. The number of nitriles is 1. The van der Waals surface area contributed by atoms with E-state index in [1.807, 2.05) is 25.1 Å². The minimum Gasteiger partial charge on any atom is -0.337 e. The molecule has 0 aliphatic rings. The van der Waals surface area contributed by atoms with E-state index in [1.165, 1.54) is 6.20 Å². The fourth-order valence-electron chi connectivity index (χ4n) is 1.38. The predicted molar refractivity (Wildman–Crippen MR) is 66.2 cm³/mol. The maximum atomic E-state index is 8.94. The number of hydrogen-bond acceptors (Lipinski definition) is 4. The van der Waals surface area contributed by atoms with E-state index in [4.69, 9.17) is 16.9 Å². The average Bonchev–Trinajstić information content (AvgIpc) is 2.35. The summed E-state index contributed by atoms with van der Waals surface area (Å²) in [7, 11) is 0. The lowest BCUT2D eigenvalue weighted by Gasteiger charge is -2.09. The fraction of sp³-hybridized carbons (Fsp3) is 0.0833. The van der Waals surface area contributed by atoms with Crippen LogP contribution in [0.4, 0.5) is 11.5 Å². The van der Waals surface area contributed by atoms with E-state index in [2.05, 4.69) is 21.6 Å². The van der Waals surface area contributed by atoms with E-state index >= 15 is 0 Å². The summed E-state index contributed by atoms with van der Waals surface area (Å²) in [6.45, 7) is 1.90. The zero-order chi connectivity index (χ0) is 12.3. The van der Waals surface area contributed by atoms with Crippen LogP contribution in [0.1, 0.15) is 11.1 Å². The molecule has 1 N–H and O–H groups in total. The van der Waals surface area contributed by atoms with Crippen molar-refractivity contribution in [2.45, 2.75) is 6.92 Å².